The van der Waals surface area contributed by atoms with E-state index < -0.39 is 0 Å². The minimum atomic E-state index is 0. The molecule has 0 bridgehead atoms. The predicted octanol–water partition coefficient (Wildman–Crippen LogP) is 1.04. The van der Waals surface area contributed by atoms with Crippen molar-refractivity contribution in [3.05, 3.63) is 11.9 Å². The number of hydrogen-bond donors (Lipinski definition) is 2. The largest absolute Gasteiger partial charge is 0.309 e. The van der Waals surface area contributed by atoms with Crippen LogP contribution in [0.2, 0.25) is 0 Å². The highest BCUT2D eigenvalue weighted by atomic mass is 35.5. The second-order valence-corrected chi connectivity index (χ2v) is 2.90. The highest BCUT2D eigenvalue weighted by molar-refractivity contribution is 5.85. The van der Waals surface area contributed by atoms with Crippen molar-refractivity contribution in [3.8, 4) is 0 Å². The summed E-state index contributed by atoms with van der Waals surface area (Å²) in [5, 5.41) is 13.8. The van der Waals surface area contributed by atoms with Gasteiger partial charge in [-0.15, -0.1) is 12.4 Å². The Kier molecular flexibility index (Phi) is 3.49. The van der Waals surface area contributed by atoms with Gasteiger partial charge >= 0.3 is 0 Å². The zero-order valence-corrected chi connectivity index (χ0v) is 7.60. The average molecular weight is 189 g/mol. The van der Waals surface area contributed by atoms with Crippen LogP contribution in [-0.2, 0) is 0 Å². The molecule has 0 radical (unpaired) electrons. The van der Waals surface area contributed by atoms with Gasteiger partial charge in [-0.25, -0.2) is 0 Å². The summed E-state index contributed by atoms with van der Waals surface area (Å²) < 4.78 is 0. The van der Waals surface area contributed by atoms with Crippen molar-refractivity contribution in [2.24, 2.45) is 0 Å². The molecule has 0 aromatic carbocycles. The maximum absolute atomic E-state index is 4.04. The van der Waals surface area contributed by atoms with Crippen molar-refractivity contribution in [1.29, 1.82) is 0 Å². The zero-order valence-electron chi connectivity index (χ0n) is 6.79. The molecule has 1 aromatic heterocycles. The third kappa shape index (κ3) is 1.95. The van der Waals surface area contributed by atoms with Crippen LogP contribution >= 0.6 is 12.4 Å². The van der Waals surface area contributed by atoms with E-state index in [9.17, 15) is 0 Å². The molecule has 1 saturated heterocycles. The number of aromatic nitrogens is 3. The normalized spacial score (nSPS) is 23.2. The molecule has 2 rings (SSSR count). The van der Waals surface area contributed by atoms with Gasteiger partial charge in [0, 0.05) is 0 Å². The lowest BCUT2D eigenvalue weighted by Crippen LogP contribution is -2.26. The van der Waals surface area contributed by atoms with Crippen LogP contribution in [0.4, 0.5) is 0 Å². The van der Waals surface area contributed by atoms with Gasteiger partial charge in [0.05, 0.1) is 17.9 Å². The van der Waals surface area contributed by atoms with Crippen LogP contribution in [-0.4, -0.2) is 22.0 Å². The van der Waals surface area contributed by atoms with E-state index in [-0.39, 0.29) is 12.4 Å². The van der Waals surface area contributed by atoms with Gasteiger partial charge in [-0.05, 0) is 19.4 Å². The number of H-pyrrole nitrogens is 1. The standard InChI is InChI=1S/C7H12N4.ClH/c1-2-4-8-6(3-1)7-5-9-11-10-7;/h5-6,8H,1-4H2,(H,9,10,11);1H/t6-;/m0./s1. The lowest BCUT2D eigenvalue weighted by atomic mass is 10.0. The molecule has 0 unspecified atom stereocenters. The molecule has 12 heavy (non-hydrogen) atoms. The van der Waals surface area contributed by atoms with Crippen molar-refractivity contribution < 1.29 is 0 Å². The molecule has 2 heterocycles. The Morgan fingerprint density at radius 3 is 2.92 bits per heavy atom. The Balaban J connectivity index is 0.000000720. The Morgan fingerprint density at radius 2 is 2.33 bits per heavy atom. The van der Waals surface area contributed by atoms with Crippen LogP contribution in [0.5, 0.6) is 0 Å². The predicted molar refractivity (Wildman–Crippen MR) is 48.2 cm³/mol. The number of aromatic amines is 1. The number of rotatable bonds is 1. The summed E-state index contributed by atoms with van der Waals surface area (Å²) in [6, 6.07) is 0.433. The molecule has 2 N–H and O–H groups in total. The third-order valence-electron chi connectivity index (χ3n) is 2.10. The maximum atomic E-state index is 4.04. The first-order chi connectivity index (χ1) is 5.47. The van der Waals surface area contributed by atoms with Crippen molar-refractivity contribution in [2.45, 2.75) is 25.3 Å². The molecule has 1 aliphatic rings. The molecule has 1 atom stereocenters. The second kappa shape index (κ2) is 4.42. The summed E-state index contributed by atoms with van der Waals surface area (Å²) in [7, 11) is 0. The molecule has 1 fully saturated rings. The number of nitrogens with zero attached hydrogens (tertiary/aromatic N) is 2. The van der Waals surface area contributed by atoms with E-state index >= 15 is 0 Å². The molecule has 1 aromatic rings. The van der Waals surface area contributed by atoms with Crippen LogP contribution in [0.1, 0.15) is 31.0 Å². The molecule has 0 amide bonds. The van der Waals surface area contributed by atoms with Gasteiger partial charge in [0.2, 0.25) is 0 Å². The number of hydrogen-bond acceptors (Lipinski definition) is 3. The fourth-order valence-corrected chi connectivity index (χ4v) is 1.48. The van der Waals surface area contributed by atoms with Gasteiger partial charge in [-0.1, -0.05) is 6.42 Å². The van der Waals surface area contributed by atoms with Crippen molar-refractivity contribution in [1.82, 2.24) is 20.7 Å². The number of nitrogens with one attached hydrogen (secondary N) is 2. The van der Waals surface area contributed by atoms with Crippen molar-refractivity contribution in [2.75, 3.05) is 6.54 Å². The van der Waals surface area contributed by atoms with Crippen LogP contribution in [0.3, 0.4) is 0 Å². The fourth-order valence-electron chi connectivity index (χ4n) is 1.48. The van der Waals surface area contributed by atoms with Gasteiger partial charge in [0.15, 0.2) is 0 Å². The monoisotopic (exact) mass is 188 g/mol. The highest BCUT2D eigenvalue weighted by Gasteiger charge is 2.15. The second-order valence-electron chi connectivity index (χ2n) is 2.90. The van der Waals surface area contributed by atoms with Gasteiger partial charge in [0.1, 0.15) is 0 Å². The molecule has 0 saturated carbocycles. The van der Waals surface area contributed by atoms with Gasteiger partial charge < -0.3 is 5.32 Å². The van der Waals surface area contributed by atoms with Crippen LogP contribution < -0.4 is 5.32 Å². The fraction of sp³-hybridized carbons (Fsp3) is 0.714. The first kappa shape index (κ1) is 9.48. The Morgan fingerprint density at radius 1 is 1.42 bits per heavy atom. The molecule has 1 aliphatic heterocycles. The van der Waals surface area contributed by atoms with Gasteiger partial charge in [-0.2, -0.15) is 15.4 Å². The quantitative estimate of drug-likeness (QED) is 0.693. The van der Waals surface area contributed by atoms with E-state index in [4.69, 9.17) is 0 Å². The summed E-state index contributed by atoms with van der Waals surface area (Å²) in [5.74, 6) is 0. The minimum absolute atomic E-state index is 0. The SMILES string of the molecule is Cl.c1n[nH]nc1[C@@H]1CCCCN1. The molecular formula is C7H13ClN4. The van der Waals surface area contributed by atoms with Crippen LogP contribution in [0, 0.1) is 0 Å². The molecule has 0 spiro atoms. The summed E-state index contributed by atoms with van der Waals surface area (Å²) in [6.07, 6.45) is 5.56. The van der Waals surface area contributed by atoms with E-state index in [1.165, 1.54) is 19.3 Å². The van der Waals surface area contributed by atoms with Crippen LogP contribution in [0.25, 0.3) is 0 Å². The van der Waals surface area contributed by atoms with E-state index in [0.717, 1.165) is 12.2 Å². The van der Waals surface area contributed by atoms with Crippen LogP contribution in [0.15, 0.2) is 6.20 Å². The lowest BCUT2D eigenvalue weighted by molar-refractivity contribution is 0.405. The van der Waals surface area contributed by atoms with Gasteiger partial charge in [-0.3, -0.25) is 0 Å². The average Bonchev–Trinajstić information content (AvgIpc) is 2.58. The van der Waals surface area contributed by atoms with Gasteiger partial charge in [0.25, 0.3) is 0 Å². The first-order valence-electron chi connectivity index (χ1n) is 4.06. The van der Waals surface area contributed by atoms with Crippen molar-refractivity contribution in [3.63, 3.8) is 0 Å². The van der Waals surface area contributed by atoms with E-state index in [1.54, 1.807) is 6.20 Å². The zero-order chi connectivity index (χ0) is 7.52. The summed E-state index contributed by atoms with van der Waals surface area (Å²) >= 11 is 0. The summed E-state index contributed by atoms with van der Waals surface area (Å²) in [4.78, 5) is 0. The topological polar surface area (TPSA) is 53.6 Å². The minimum Gasteiger partial charge on any atom is -0.309 e. The Hall–Kier alpha value is -0.610. The van der Waals surface area contributed by atoms with Crippen molar-refractivity contribution >= 4 is 12.4 Å². The molecule has 0 aliphatic carbocycles. The summed E-state index contributed by atoms with van der Waals surface area (Å²) in [6.45, 7) is 1.11. The Labute approximate surface area is 77.5 Å². The van der Waals surface area contributed by atoms with E-state index in [0.29, 0.717) is 6.04 Å². The lowest BCUT2D eigenvalue weighted by Gasteiger charge is -2.20. The molecular weight excluding hydrogens is 176 g/mol. The van der Waals surface area contributed by atoms with E-state index in [2.05, 4.69) is 20.7 Å². The molecule has 4 nitrogen and oxygen atoms in total. The number of piperidine rings is 1. The highest BCUT2D eigenvalue weighted by Crippen LogP contribution is 2.19. The Bertz CT molecular complexity index is 205. The molecule has 68 valence electrons. The van der Waals surface area contributed by atoms with E-state index in [1.807, 2.05) is 0 Å². The molecule has 5 heteroatoms. The smallest absolute Gasteiger partial charge is 0.0993 e. The maximum Gasteiger partial charge on any atom is 0.0993 e. The number of halogens is 1. The third-order valence-corrected chi connectivity index (χ3v) is 2.10. The first-order valence-corrected chi connectivity index (χ1v) is 4.06. The summed E-state index contributed by atoms with van der Waals surface area (Å²) in [5.41, 5.74) is 1.05.